The van der Waals surface area contributed by atoms with Gasteiger partial charge in [-0.1, -0.05) is 18.2 Å². The first-order valence-corrected chi connectivity index (χ1v) is 5.12. The van der Waals surface area contributed by atoms with Crippen LogP contribution >= 0.6 is 0 Å². The number of carboxylic acid groups (broad SMARTS) is 1. The molecule has 1 aromatic rings. The molecule has 92 valence electrons. The molecule has 5 nitrogen and oxygen atoms in total. The molecule has 0 amide bonds. The summed E-state index contributed by atoms with van der Waals surface area (Å²) in [6, 6.07) is 0. The summed E-state index contributed by atoms with van der Waals surface area (Å²) < 4.78 is 0. The van der Waals surface area contributed by atoms with Crippen LogP contribution in [0.2, 0.25) is 0 Å². The quantitative estimate of drug-likeness (QED) is 0.792. The maximum absolute atomic E-state index is 10.7. The smallest absolute Gasteiger partial charge is 0.307 e. The van der Waals surface area contributed by atoms with Crippen molar-refractivity contribution in [2.45, 2.75) is 12.8 Å². The van der Waals surface area contributed by atoms with E-state index in [9.17, 15) is 4.79 Å². The first-order chi connectivity index (χ1) is 7.25. The fourth-order valence-corrected chi connectivity index (χ4v) is 1.90. The van der Waals surface area contributed by atoms with Gasteiger partial charge in [0.2, 0.25) is 0 Å². The van der Waals surface area contributed by atoms with Crippen molar-refractivity contribution in [3.63, 3.8) is 0 Å². The molecule has 0 radical (unpaired) electrons. The van der Waals surface area contributed by atoms with Crippen molar-refractivity contribution in [2.75, 3.05) is 19.6 Å². The second-order valence-corrected chi connectivity index (χ2v) is 3.89. The Morgan fingerprint density at radius 3 is 3.06 bits per heavy atom. The zero-order valence-corrected chi connectivity index (χ0v) is 10.3. The van der Waals surface area contributed by atoms with E-state index in [0.717, 1.165) is 31.6 Å². The van der Waals surface area contributed by atoms with Crippen molar-refractivity contribution in [1.82, 2.24) is 14.9 Å². The zero-order chi connectivity index (χ0) is 10.7. The second kappa shape index (κ2) is 6.14. The van der Waals surface area contributed by atoms with Crippen molar-refractivity contribution in [2.24, 2.45) is 5.92 Å². The van der Waals surface area contributed by atoms with Crippen LogP contribution in [0.3, 0.4) is 0 Å². The number of hydrogen-bond acceptors (Lipinski definition) is 3. The van der Waals surface area contributed by atoms with Crippen molar-refractivity contribution < 1.29 is 30.3 Å². The van der Waals surface area contributed by atoms with Crippen molar-refractivity contribution in [1.29, 1.82) is 0 Å². The van der Waals surface area contributed by atoms with Crippen LogP contribution in [0, 0.1) is 5.92 Å². The molecule has 6 heteroatoms. The summed E-state index contributed by atoms with van der Waals surface area (Å²) in [7, 11) is 0. The number of aliphatic carboxylic acids is 1. The predicted molar refractivity (Wildman–Crippen MR) is 53.4 cm³/mol. The Bertz CT molecular complexity index is 329. The van der Waals surface area contributed by atoms with Crippen LogP contribution < -0.4 is 4.98 Å². The molecule has 1 aliphatic heterocycles. The van der Waals surface area contributed by atoms with E-state index in [1.54, 1.807) is 12.5 Å². The van der Waals surface area contributed by atoms with Gasteiger partial charge in [0.25, 0.3) is 0 Å². The summed E-state index contributed by atoms with van der Waals surface area (Å²) in [5, 5.41) is 8.83. The van der Waals surface area contributed by atoms with E-state index in [0.29, 0.717) is 6.54 Å². The van der Waals surface area contributed by atoms with Gasteiger partial charge < -0.3 is 20.0 Å². The number of imidazole rings is 1. The molecular formula is C10H14N3O2Pd-. The minimum Gasteiger partial charge on any atom is -0.481 e. The third-order valence-electron chi connectivity index (χ3n) is 2.82. The molecule has 2 heterocycles. The predicted octanol–water partition coefficient (Wildman–Crippen LogP) is -0.0147. The van der Waals surface area contributed by atoms with Crippen molar-refractivity contribution >= 4 is 5.97 Å². The first-order valence-electron chi connectivity index (χ1n) is 5.12. The van der Waals surface area contributed by atoms with Crippen molar-refractivity contribution in [3.05, 3.63) is 18.2 Å². The topological polar surface area (TPSA) is 67.5 Å². The maximum Gasteiger partial charge on any atom is 0.307 e. The largest absolute Gasteiger partial charge is 0.481 e. The van der Waals surface area contributed by atoms with Crippen LogP contribution in [0.5, 0.6) is 0 Å². The van der Waals surface area contributed by atoms with Gasteiger partial charge in [-0.05, 0) is 19.4 Å². The van der Waals surface area contributed by atoms with Gasteiger partial charge in [0.05, 0.1) is 5.92 Å². The molecule has 1 unspecified atom stereocenters. The maximum atomic E-state index is 10.7. The number of nitrogens with zero attached hydrogens (tertiary/aromatic N) is 3. The molecule has 1 saturated heterocycles. The van der Waals surface area contributed by atoms with E-state index >= 15 is 0 Å². The molecule has 1 atom stereocenters. The fraction of sp³-hybridized carbons (Fsp3) is 0.600. The van der Waals surface area contributed by atoms with E-state index in [1.165, 1.54) is 0 Å². The third-order valence-corrected chi connectivity index (χ3v) is 2.82. The van der Waals surface area contributed by atoms with Gasteiger partial charge in [-0.2, -0.15) is 0 Å². The Hall–Kier alpha value is -0.698. The number of rotatable bonds is 4. The van der Waals surface area contributed by atoms with Gasteiger partial charge in [0, 0.05) is 33.5 Å². The van der Waals surface area contributed by atoms with E-state index in [-0.39, 0.29) is 26.3 Å². The standard InChI is InChI=1S/C10H15N3O2.Pd/c14-10(15)8-1-3-13(6-8)4-2-9-5-11-7-12-9;/h5,7-8H,1-4,6H2,(H2,11,12,14,15);/p-1. The normalized spacial score (nSPS) is 20.6. The molecule has 1 fully saturated rings. The number of aromatic nitrogens is 2. The SMILES string of the molecule is O=C(O)C1CCN(CCc2cnc[n-]2)C1.[Pd]. The molecule has 1 N–H and O–H groups in total. The molecule has 0 aromatic carbocycles. The van der Waals surface area contributed by atoms with Crippen LogP contribution in [0.1, 0.15) is 12.1 Å². The molecular weight excluding hydrogens is 301 g/mol. The van der Waals surface area contributed by atoms with Gasteiger partial charge in [-0.25, -0.2) is 0 Å². The third kappa shape index (κ3) is 3.41. The average molecular weight is 315 g/mol. The van der Waals surface area contributed by atoms with E-state index in [1.807, 2.05) is 0 Å². The van der Waals surface area contributed by atoms with Crippen LogP contribution in [0.4, 0.5) is 0 Å². The zero-order valence-electron chi connectivity index (χ0n) is 8.78. The van der Waals surface area contributed by atoms with Crippen LogP contribution in [0.15, 0.2) is 12.5 Å². The molecule has 0 saturated carbocycles. The Balaban J connectivity index is 0.00000128. The summed E-state index contributed by atoms with van der Waals surface area (Å²) in [5.74, 6) is -0.860. The van der Waals surface area contributed by atoms with E-state index < -0.39 is 5.97 Å². The summed E-state index contributed by atoms with van der Waals surface area (Å²) in [6.45, 7) is 2.43. The van der Waals surface area contributed by atoms with Gasteiger partial charge in [0.15, 0.2) is 0 Å². The summed E-state index contributed by atoms with van der Waals surface area (Å²) in [4.78, 5) is 20.9. The Kier molecular flexibility index (Phi) is 5.13. The Morgan fingerprint density at radius 1 is 1.69 bits per heavy atom. The number of carboxylic acids is 1. The Morgan fingerprint density at radius 2 is 2.50 bits per heavy atom. The Labute approximate surface area is 108 Å². The fourth-order valence-electron chi connectivity index (χ4n) is 1.90. The molecule has 16 heavy (non-hydrogen) atoms. The molecule has 0 aliphatic carbocycles. The van der Waals surface area contributed by atoms with Crippen LogP contribution in [-0.4, -0.2) is 40.6 Å². The average Bonchev–Trinajstić information content (AvgIpc) is 2.86. The number of hydrogen-bond donors (Lipinski definition) is 1. The summed E-state index contributed by atoms with van der Waals surface area (Å²) >= 11 is 0. The number of likely N-dealkylation sites (tertiary alicyclic amines) is 1. The van der Waals surface area contributed by atoms with Gasteiger partial charge >= 0.3 is 5.97 Å². The van der Waals surface area contributed by atoms with Crippen LogP contribution in [-0.2, 0) is 31.6 Å². The summed E-state index contributed by atoms with van der Waals surface area (Å²) in [5.41, 5.74) is 0.980. The monoisotopic (exact) mass is 314 g/mol. The van der Waals surface area contributed by atoms with Gasteiger partial charge in [-0.3, -0.25) is 4.79 Å². The van der Waals surface area contributed by atoms with Gasteiger partial charge in [-0.15, -0.1) is 0 Å². The minimum absolute atomic E-state index is 0. The van der Waals surface area contributed by atoms with Crippen LogP contribution in [0.25, 0.3) is 0 Å². The molecule has 0 spiro atoms. The minimum atomic E-state index is -0.675. The second-order valence-electron chi connectivity index (χ2n) is 3.89. The van der Waals surface area contributed by atoms with E-state index in [2.05, 4.69) is 14.9 Å². The molecule has 1 aromatic heterocycles. The number of carbonyl (C=O) groups is 1. The van der Waals surface area contributed by atoms with E-state index in [4.69, 9.17) is 5.11 Å². The molecule has 2 rings (SSSR count). The van der Waals surface area contributed by atoms with Gasteiger partial charge in [0.1, 0.15) is 0 Å². The molecule has 0 bridgehead atoms. The summed E-state index contributed by atoms with van der Waals surface area (Å²) in [6.07, 6.45) is 4.92. The van der Waals surface area contributed by atoms with Crippen molar-refractivity contribution in [3.8, 4) is 0 Å². The first kappa shape index (κ1) is 13.4. The molecule has 1 aliphatic rings.